The molecule has 5 heteroatoms. The summed E-state index contributed by atoms with van der Waals surface area (Å²) in [6.07, 6.45) is 0. The van der Waals surface area contributed by atoms with Gasteiger partial charge in [-0.3, -0.25) is 4.79 Å². The Balaban J connectivity index is 2.65. The summed E-state index contributed by atoms with van der Waals surface area (Å²) in [6, 6.07) is 4.05. The molecule has 0 saturated carbocycles. The van der Waals surface area contributed by atoms with Crippen molar-refractivity contribution >= 4 is 21.8 Å². The molecule has 0 aliphatic heterocycles. The Hall–Kier alpha value is -0.940. The molecule has 0 aliphatic rings. The topological polar surface area (TPSA) is 32.3 Å². The summed E-state index contributed by atoms with van der Waals surface area (Å²) in [5.41, 5.74) is 0.424. The first kappa shape index (κ1) is 16.1. The fourth-order valence-electron chi connectivity index (χ4n) is 2.00. The van der Waals surface area contributed by atoms with E-state index in [-0.39, 0.29) is 17.1 Å². The standard InChI is InChI=1S/C14H20BrFN2O/c1-14(2,9-18(3)4)8-17-13(19)11-6-5-10(16)7-12(11)15/h5-7H,8-9H2,1-4H3,(H,17,19). The van der Waals surface area contributed by atoms with Gasteiger partial charge >= 0.3 is 0 Å². The lowest BCUT2D eigenvalue weighted by atomic mass is 9.93. The van der Waals surface area contributed by atoms with Gasteiger partial charge in [0, 0.05) is 17.6 Å². The van der Waals surface area contributed by atoms with E-state index < -0.39 is 0 Å². The predicted molar refractivity (Wildman–Crippen MR) is 78.8 cm³/mol. The largest absolute Gasteiger partial charge is 0.351 e. The van der Waals surface area contributed by atoms with Crippen molar-refractivity contribution in [2.24, 2.45) is 5.41 Å². The number of rotatable bonds is 5. The van der Waals surface area contributed by atoms with Crippen molar-refractivity contribution in [1.29, 1.82) is 0 Å². The number of amides is 1. The van der Waals surface area contributed by atoms with E-state index in [2.05, 4.69) is 40.0 Å². The molecule has 1 aromatic carbocycles. The molecule has 19 heavy (non-hydrogen) atoms. The van der Waals surface area contributed by atoms with E-state index >= 15 is 0 Å². The number of hydrogen-bond donors (Lipinski definition) is 1. The number of benzene rings is 1. The molecule has 0 aliphatic carbocycles. The van der Waals surface area contributed by atoms with Crippen molar-refractivity contribution in [3.63, 3.8) is 0 Å². The minimum Gasteiger partial charge on any atom is -0.351 e. The molecular weight excluding hydrogens is 311 g/mol. The van der Waals surface area contributed by atoms with Gasteiger partial charge in [-0.15, -0.1) is 0 Å². The molecule has 106 valence electrons. The Morgan fingerprint density at radius 1 is 1.42 bits per heavy atom. The molecule has 0 heterocycles. The van der Waals surface area contributed by atoms with E-state index in [1.165, 1.54) is 18.2 Å². The average Bonchev–Trinajstić information content (AvgIpc) is 2.24. The minimum atomic E-state index is -0.364. The summed E-state index contributed by atoms with van der Waals surface area (Å²) in [4.78, 5) is 14.1. The maximum atomic E-state index is 13.0. The zero-order chi connectivity index (χ0) is 14.6. The van der Waals surface area contributed by atoms with E-state index in [1.54, 1.807) is 0 Å². The van der Waals surface area contributed by atoms with Crippen LogP contribution in [0.15, 0.2) is 22.7 Å². The van der Waals surface area contributed by atoms with Gasteiger partial charge in [0.2, 0.25) is 0 Å². The highest BCUT2D eigenvalue weighted by Gasteiger charge is 2.20. The van der Waals surface area contributed by atoms with Gasteiger partial charge in [-0.25, -0.2) is 4.39 Å². The summed E-state index contributed by atoms with van der Waals surface area (Å²) in [6.45, 7) is 5.62. The molecule has 3 nitrogen and oxygen atoms in total. The van der Waals surface area contributed by atoms with Crippen molar-refractivity contribution in [1.82, 2.24) is 10.2 Å². The SMILES string of the molecule is CN(C)CC(C)(C)CNC(=O)c1ccc(F)cc1Br. The molecule has 1 amide bonds. The number of nitrogens with zero attached hydrogens (tertiary/aromatic N) is 1. The number of carbonyl (C=O) groups excluding carboxylic acids is 1. The van der Waals surface area contributed by atoms with E-state index in [4.69, 9.17) is 0 Å². The van der Waals surface area contributed by atoms with Gasteiger partial charge in [0.05, 0.1) is 5.56 Å². The molecule has 1 N–H and O–H groups in total. The van der Waals surface area contributed by atoms with Crippen molar-refractivity contribution in [3.05, 3.63) is 34.1 Å². The third-order valence-corrected chi connectivity index (χ3v) is 3.30. The molecule has 0 atom stereocenters. The average molecular weight is 331 g/mol. The van der Waals surface area contributed by atoms with Gasteiger partial charge in [0.1, 0.15) is 5.82 Å². The quantitative estimate of drug-likeness (QED) is 0.900. The molecular formula is C14H20BrFN2O. The lowest BCUT2D eigenvalue weighted by molar-refractivity contribution is 0.0928. The van der Waals surface area contributed by atoms with Crippen LogP contribution in [0.4, 0.5) is 4.39 Å². The van der Waals surface area contributed by atoms with Crippen LogP contribution in [0.3, 0.4) is 0 Å². The van der Waals surface area contributed by atoms with E-state index in [1.807, 2.05) is 14.1 Å². The first-order chi connectivity index (χ1) is 8.71. The molecule has 0 saturated heterocycles. The minimum absolute atomic E-state index is 0.0222. The van der Waals surface area contributed by atoms with Crippen LogP contribution in [-0.4, -0.2) is 38.0 Å². The van der Waals surface area contributed by atoms with Gasteiger partial charge in [-0.2, -0.15) is 0 Å². The molecule has 0 aromatic heterocycles. The summed E-state index contributed by atoms with van der Waals surface area (Å²) < 4.78 is 13.4. The molecule has 0 radical (unpaired) electrons. The van der Waals surface area contributed by atoms with Crippen molar-refractivity contribution in [3.8, 4) is 0 Å². The van der Waals surface area contributed by atoms with Crippen LogP contribution in [0, 0.1) is 11.2 Å². The zero-order valence-electron chi connectivity index (χ0n) is 11.8. The van der Waals surface area contributed by atoms with Crippen LogP contribution >= 0.6 is 15.9 Å². The maximum Gasteiger partial charge on any atom is 0.252 e. The summed E-state index contributed by atoms with van der Waals surface area (Å²) in [5, 5.41) is 2.89. The van der Waals surface area contributed by atoms with Crippen molar-refractivity contribution in [2.75, 3.05) is 27.2 Å². The van der Waals surface area contributed by atoms with Crippen LogP contribution in [0.5, 0.6) is 0 Å². The van der Waals surface area contributed by atoms with E-state index in [9.17, 15) is 9.18 Å². The number of carbonyl (C=O) groups is 1. The highest BCUT2D eigenvalue weighted by molar-refractivity contribution is 9.10. The fraction of sp³-hybridized carbons (Fsp3) is 0.500. The highest BCUT2D eigenvalue weighted by atomic mass is 79.9. The molecule has 0 fully saturated rings. The van der Waals surface area contributed by atoms with E-state index in [0.717, 1.165) is 6.54 Å². The van der Waals surface area contributed by atoms with E-state index in [0.29, 0.717) is 16.6 Å². The summed E-state index contributed by atoms with van der Waals surface area (Å²) in [5.74, 6) is -0.560. The summed E-state index contributed by atoms with van der Waals surface area (Å²) >= 11 is 3.20. The fourth-order valence-corrected chi connectivity index (χ4v) is 2.53. The Morgan fingerprint density at radius 2 is 2.05 bits per heavy atom. The third kappa shape index (κ3) is 5.28. The smallest absolute Gasteiger partial charge is 0.252 e. The molecule has 0 bridgehead atoms. The number of hydrogen-bond acceptors (Lipinski definition) is 2. The van der Waals surface area contributed by atoms with Gasteiger partial charge in [0.25, 0.3) is 5.91 Å². The lowest BCUT2D eigenvalue weighted by Crippen LogP contribution is -2.40. The van der Waals surface area contributed by atoms with Crippen LogP contribution in [0.1, 0.15) is 24.2 Å². The zero-order valence-corrected chi connectivity index (χ0v) is 13.3. The van der Waals surface area contributed by atoms with Crippen LogP contribution in [0.2, 0.25) is 0 Å². The van der Waals surface area contributed by atoms with Gasteiger partial charge in [0.15, 0.2) is 0 Å². The first-order valence-electron chi connectivity index (χ1n) is 6.09. The normalized spacial score (nSPS) is 11.7. The second-order valence-corrected chi connectivity index (χ2v) is 6.56. The molecule has 0 spiro atoms. The second-order valence-electron chi connectivity index (χ2n) is 5.71. The predicted octanol–water partition coefficient (Wildman–Crippen LogP) is 2.91. The van der Waals surface area contributed by atoms with Crippen molar-refractivity contribution in [2.45, 2.75) is 13.8 Å². The molecule has 1 rings (SSSR count). The Kier molecular flexibility index (Phi) is 5.50. The number of halogens is 2. The lowest BCUT2D eigenvalue weighted by Gasteiger charge is -2.28. The Labute approximate surface area is 122 Å². The van der Waals surface area contributed by atoms with Gasteiger partial charge in [-0.1, -0.05) is 13.8 Å². The van der Waals surface area contributed by atoms with Gasteiger partial charge in [-0.05, 0) is 53.6 Å². The monoisotopic (exact) mass is 330 g/mol. The van der Waals surface area contributed by atoms with Crippen LogP contribution in [-0.2, 0) is 0 Å². The summed E-state index contributed by atoms with van der Waals surface area (Å²) in [7, 11) is 4.00. The second kappa shape index (κ2) is 6.48. The molecule has 1 aromatic rings. The highest BCUT2D eigenvalue weighted by Crippen LogP contribution is 2.19. The Morgan fingerprint density at radius 3 is 2.58 bits per heavy atom. The van der Waals surface area contributed by atoms with Crippen LogP contribution in [0.25, 0.3) is 0 Å². The maximum absolute atomic E-state index is 13.0. The Bertz CT molecular complexity index is 461. The van der Waals surface area contributed by atoms with Crippen molar-refractivity contribution < 1.29 is 9.18 Å². The number of nitrogens with one attached hydrogen (secondary N) is 1. The first-order valence-corrected chi connectivity index (χ1v) is 6.88. The van der Waals surface area contributed by atoms with Crippen LogP contribution < -0.4 is 5.32 Å². The molecule has 0 unspecified atom stereocenters. The van der Waals surface area contributed by atoms with Gasteiger partial charge < -0.3 is 10.2 Å². The third-order valence-electron chi connectivity index (χ3n) is 2.65.